The highest BCUT2D eigenvalue weighted by atomic mass is 79.9. The van der Waals surface area contributed by atoms with Gasteiger partial charge >= 0.3 is 0 Å². The molecule has 3 heteroatoms. The molecule has 11 heavy (non-hydrogen) atoms. The molecule has 0 aromatic heterocycles. The molecule has 0 saturated heterocycles. The van der Waals surface area contributed by atoms with Crippen LogP contribution in [0, 0.1) is 6.42 Å². The highest BCUT2D eigenvalue weighted by molar-refractivity contribution is 9.16. The maximum Gasteiger partial charge on any atom is 0.0415 e. The summed E-state index contributed by atoms with van der Waals surface area (Å²) in [4.78, 5) is 0. The van der Waals surface area contributed by atoms with Gasteiger partial charge in [0.15, 0.2) is 0 Å². The van der Waals surface area contributed by atoms with Gasteiger partial charge in [0.25, 0.3) is 0 Å². The first-order valence-corrected chi connectivity index (χ1v) is 5.83. The number of rotatable bonds is 0. The Morgan fingerprint density at radius 1 is 1.18 bits per heavy atom. The van der Waals surface area contributed by atoms with Gasteiger partial charge in [0, 0.05) is 13.4 Å². The van der Waals surface area contributed by atoms with E-state index in [4.69, 9.17) is 0 Å². The fourth-order valence-corrected chi connectivity index (χ4v) is 1.94. The first-order chi connectivity index (χ1) is 5.22. The van der Waals surface area contributed by atoms with E-state index in [1.54, 1.807) is 0 Å². The molecule has 0 spiro atoms. The normalized spacial score (nSPS) is 17.0. The first-order valence-electron chi connectivity index (χ1n) is 3.45. The molecular formula is C8H10Br3. The summed E-state index contributed by atoms with van der Waals surface area (Å²) < 4.78 is 3.41. The lowest BCUT2D eigenvalue weighted by molar-refractivity contribution is 1.24. The molecule has 0 aromatic carbocycles. The fourth-order valence-electron chi connectivity index (χ4n) is 0.558. The predicted octanol–water partition coefficient (Wildman–Crippen LogP) is 4.90. The molecular weight excluding hydrogens is 336 g/mol. The second-order valence-electron chi connectivity index (χ2n) is 1.67. The molecule has 0 nitrogen and oxygen atoms in total. The van der Waals surface area contributed by atoms with E-state index in [0.717, 1.165) is 15.4 Å². The van der Waals surface area contributed by atoms with E-state index < -0.39 is 0 Å². The summed E-state index contributed by atoms with van der Waals surface area (Å²) in [6, 6.07) is 0. The maximum atomic E-state index is 3.42. The fraction of sp³-hybridized carbons (Fsp3) is 0.375. The van der Waals surface area contributed by atoms with Crippen molar-refractivity contribution in [2.75, 3.05) is 0 Å². The van der Waals surface area contributed by atoms with Crippen molar-refractivity contribution >= 4 is 47.8 Å². The van der Waals surface area contributed by atoms with Crippen LogP contribution >= 0.6 is 47.8 Å². The van der Waals surface area contributed by atoms with Crippen LogP contribution in [0.2, 0.25) is 0 Å². The minimum absolute atomic E-state index is 0.982. The monoisotopic (exact) mass is 343 g/mol. The molecule has 1 aliphatic carbocycles. The lowest BCUT2D eigenvalue weighted by Gasteiger charge is -2.07. The van der Waals surface area contributed by atoms with Crippen molar-refractivity contribution in [1.82, 2.24) is 0 Å². The van der Waals surface area contributed by atoms with E-state index in [2.05, 4.69) is 54.2 Å². The Kier molecular flexibility index (Phi) is 6.98. The average Bonchev–Trinajstić information content (AvgIpc) is 2.04. The molecule has 0 saturated carbocycles. The van der Waals surface area contributed by atoms with Gasteiger partial charge in [0.1, 0.15) is 0 Å². The third kappa shape index (κ3) is 3.90. The van der Waals surface area contributed by atoms with Crippen molar-refractivity contribution < 1.29 is 0 Å². The Labute approximate surface area is 93.5 Å². The van der Waals surface area contributed by atoms with E-state index >= 15 is 0 Å². The number of allylic oxidation sites excluding steroid dienone is 4. The van der Waals surface area contributed by atoms with Gasteiger partial charge in [-0.15, -0.1) is 0 Å². The molecule has 0 atom stereocenters. The van der Waals surface area contributed by atoms with Crippen LogP contribution in [0.25, 0.3) is 0 Å². The SMILES string of the molecule is BrC1=C[CH]CC(Br)=C1Br.CC. The standard InChI is InChI=1S/C6H4Br3.C2H6/c7-4-2-1-3-5(8)6(4)9;1-2/h1-2H,3H2;1-2H3. The molecule has 0 aromatic rings. The van der Waals surface area contributed by atoms with Crippen LogP contribution in [0.1, 0.15) is 20.3 Å². The lowest BCUT2D eigenvalue weighted by atomic mass is 10.2. The van der Waals surface area contributed by atoms with Gasteiger partial charge in [0.05, 0.1) is 0 Å². The lowest BCUT2D eigenvalue weighted by Crippen LogP contribution is -1.86. The van der Waals surface area contributed by atoms with Crippen LogP contribution < -0.4 is 0 Å². The minimum Gasteiger partial charge on any atom is -0.0683 e. The van der Waals surface area contributed by atoms with Crippen molar-refractivity contribution in [1.29, 1.82) is 0 Å². The second kappa shape index (κ2) is 6.44. The van der Waals surface area contributed by atoms with Crippen LogP contribution in [0.3, 0.4) is 0 Å². The van der Waals surface area contributed by atoms with Gasteiger partial charge in [-0.3, -0.25) is 0 Å². The van der Waals surface area contributed by atoms with Gasteiger partial charge in [0.2, 0.25) is 0 Å². The topological polar surface area (TPSA) is 0 Å². The molecule has 0 fully saturated rings. The Morgan fingerprint density at radius 2 is 1.73 bits per heavy atom. The minimum atomic E-state index is 0.982. The summed E-state index contributed by atoms with van der Waals surface area (Å²) in [5, 5.41) is 0. The quantitative estimate of drug-likeness (QED) is 0.585. The van der Waals surface area contributed by atoms with Crippen molar-refractivity contribution in [3.8, 4) is 0 Å². The summed E-state index contributed by atoms with van der Waals surface area (Å²) in [6.07, 6.45) is 5.11. The van der Waals surface area contributed by atoms with Crippen LogP contribution in [0.15, 0.2) is 19.5 Å². The Morgan fingerprint density at radius 3 is 2.09 bits per heavy atom. The van der Waals surface area contributed by atoms with Crippen LogP contribution in [-0.2, 0) is 0 Å². The molecule has 0 N–H and O–H groups in total. The molecule has 1 aliphatic rings. The van der Waals surface area contributed by atoms with E-state index in [1.165, 1.54) is 4.48 Å². The summed E-state index contributed by atoms with van der Waals surface area (Å²) >= 11 is 10.2. The number of halogens is 3. The van der Waals surface area contributed by atoms with Crippen molar-refractivity contribution in [2.24, 2.45) is 0 Å². The smallest absolute Gasteiger partial charge is 0.0415 e. The van der Waals surface area contributed by atoms with Crippen LogP contribution in [0.4, 0.5) is 0 Å². The van der Waals surface area contributed by atoms with Crippen molar-refractivity contribution in [2.45, 2.75) is 20.3 Å². The Balaban J connectivity index is 0.000000461. The average molecular weight is 346 g/mol. The Hall–Kier alpha value is 0.920. The second-order valence-corrected chi connectivity index (χ2v) is 4.28. The zero-order valence-electron chi connectivity index (χ0n) is 6.50. The first kappa shape index (κ1) is 11.9. The zero-order valence-corrected chi connectivity index (χ0v) is 11.3. The van der Waals surface area contributed by atoms with Gasteiger partial charge < -0.3 is 0 Å². The van der Waals surface area contributed by atoms with Crippen molar-refractivity contribution in [3.63, 3.8) is 0 Å². The van der Waals surface area contributed by atoms with E-state index in [9.17, 15) is 0 Å². The predicted molar refractivity (Wildman–Crippen MR) is 62.2 cm³/mol. The summed E-state index contributed by atoms with van der Waals surface area (Å²) in [7, 11) is 0. The third-order valence-corrected chi connectivity index (χ3v) is 4.36. The van der Waals surface area contributed by atoms with E-state index in [-0.39, 0.29) is 0 Å². The van der Waals surface area contributed by atoms with Gasteiger partial charge in [-0.05, 0) is 44.7 Å². The molecule has 0 unspecified atom stereocenters. The molecule has 63 valence electrons. The zero-order chi connectivity index (χ0) is 8.85. The van der Waals surface area contributed by atoms with E-state index in [1.807, 2.05) is 19.9 Å². The highest BCUT2D eigenvalue weighted by Gasteiger charge is 2.08. The molecule has 0 bridgehead atoms. The molecule has 0 heterocycles. The number of hydrogen-bond acceptors (Lipinski definition) is 0. The molecule has 0 amide bonds. The highest BCUT2D eigenvalue weighted by Crippen LogP contribution is 2.35. The number of hydrogen-bond donors (Lipinski definition) is 0. The molecule has 1 radical (unpaired) electrons. The summed E-state index contributed by atoms with van der Waals surface area (Å²) in [6.45, 7) is 4.00. The summed E-state index contributed by atoms with van der Waals surface area (Å²) in [5.41, 5.74) is 0. The van der Waals surface area contributed by atoms with Crippen molar-refractivity contribution in [3.05, 3.63) is 25.9 Å². The van der Waals surface area contributed by atoms with E-state index in [0.29, 0.717) is 0 Å². The van der Waals surface area contributed by atoms with Gasteiger partial charge in [-0.25, -0.2) is 0 Å². The maximum absolute atomic E-state index is 3.42. The summed E-state index contributed by atoms with van der Waals surface area (Å²) in [5.74, 6) is 0. The molecule has 1 rings (SSSR count). The van der Waals surface area contributed by atoms with Gasteiger partial charge in [-0.2, -0.15) is 0 Å². The largest absolute Gasteiger partial charge is 0.0683 e. The third-order valence-electron chi connectivity index (χ3n) is 1.01. The van der Waals surface area contributed by atoms with Crippen LogP contribution in [0.5, 0.6) is 0 Å². The molecule has 0 aliphatic heterocycles. The Bertz CT molecular complexity index is 180. The van der Waals surface area contributed by atoms with Crippen LogP contribution in [-0.4, -0.2) is 0 Å². The van der Waals surface area contributed by atoms with Gasteiger partial charge in [-0.1, -0.05) is 35.9 Å².